The first-order valence-electron chi connectivity index (χ1n) is 35.9. The molecular weight excluding hydrogens is 1240 g/mol. The zero-order chi connectivity index (χ0) is 68.7. The fourth-order valence-corrected chi connectivity index (χ4v) is 16.7. The molecule has 486 valence electrons. The summed E-state index contributed by atoms with van der Waals surface area (Å²) in [5.41, 5.74) is 31.6. The van der Waals surface area contributed by atoms with E-state index in [4.69, 9.17) is 0 Å². The molecule has 0 aliphatic carbocycles. The van der Waals surface area contributed by atoms with Crippen molar-refractivity contribution in [1.82, 2.24) is 9.13 Å². The van der Waals surface area contributed by atoms with E-state index in [2.05, 4.69) is 416 Å². The first kappa shape index (κ1) is 61.2. The van der Waals surface area contributed by atoms with E-state index >= 15 is 0 Å². The number of benzene rings is 15. The lowest BCUT2D eigenvalue weighted by molar-refractivity contribution is 0.590. The number of rotatable bonds is 12. The lowest BCUT2D eigenvalue weighted by Crippen LogP contribution is -2.61. The summed E-state index contributed by atoms with van der Waals surface area (Å²) in [6.45, 7) is 6.89. The maximum absolute atomic E-state index is 2.70. The van der Waals surface area contributed by atoms with Crippen LogP contribution in [-0.2, 0) is 5.41 Å². The van der Waals surface area contributed by atoms with Crippen molar-refractivity contribution in [2.75, 3.05) is 9.80 Å². The van der Waals surface area contributed by atoms with Gasteiger partial charge in [-0.3, -0.25) is 0 Å². The summed E-state index contributed by atoms with van der Waals surface area (Å²) in [6.07, 6.45) is 0. The van der Waals surface area contributed by atoms with E-state index in [-0.39, 0.29) is 12.1 Å². The number of para-hydroxylation sites is 2. The summed E-state index contributed by atoms with van der Waals surface area (Å²) < 4.78 is 5.12. The van der Waals surface area contributed by atoms with E-state index in [1.807, 2.05) is 0 Å². The lowest BCUT2D eigenvalue weighted by atomic mass is 9.33. The van der Waals surface area contributed by atoms with Gasteiger partial charge in [-0.2, -0.15) is 0 Å². The van der Waals surface area contributed by atoms with Crippen molar-refractivity contribution in [1.29, 1.82) is 0 Å². The first-order valence-corrected chi connectivity index (χ1v) is 35.9. The smallest absolute Gasteiger partial charge is 0.252 e. The molecule has 0 fully saturated rings. The van der Waals surface area contributed by atoms with Gasteiger partial charge in [0.1, 0.15) is 0 Å². The summed E-state index contributed by atoms with van der Waals surface area (Å²) in [5, 5.41) is 4.77. The van der Waals surface area contributed by atoms with Crippen LogP contribution in [0.4, 0.5) is 34.1 Å². The number of hydrogen-bond acceptors (Lipinski definition) is 2. The number of nitrogens with zero attached hydrogens (tertiary/aromatic N) is 4. The molecule has 0 unspecified atom stereocenters. The third kappa shape index (κ3) is 10.2. The fourth-order valence-electron chi connectivity index (χ4n) is 16.7. The van der Waals surface area contributed by atoms with Gasteiger partial charge in [0.05, 0.1) is 34.2 Å². The molecule has 4 heterocycles. The molecule has 0 amide bonds. The Morgan fingerprint density at radius 1 is 0.233 bits per heavy atom. The van der Waals surface area contributed by atoms with Crippen LogP contribution in [0.25, 0.3) is 122 Å². The highest BCUT2D eigenvalue weighted by Gasteiger charge is 2.46. The highest BCUT2D eigenvalue weighted by molar-refractivity contribution is 7.00. The van der Waals surface area contributed by atoms with Gasteiger partial charge in [0.2, 0.25) is 0 Å². The van der Waals surface area contributed by atoms with Gasteiger partial charge in [-0.25, -0.2) is 0 Å². The van der Waals surface area contributed by atoms with E-state index in [1.165, 1.54) is 43.5 Å². The molecule has 0 N–H and O–H groups in total. The molecule has 0 atom stereocenters. The Labute approximate surface area is 602 Å². The second-order valence-electron chi connectivity index (χ2n) is 28.3. The lowest BCUT2D eigenvalue weighted by Gasteiger charge is -2.46. The van der Waals surface area contributed by atoms with Gasteiger partial charge < -0.3 is 18.9 Å². The van der Waals surface area contributed by atoms with E-state index in [1.54, 1.807) is 0 Å². The summed E-state index contributed by atoms with van der Waals surface area (Å²) in [4.78, 5) is 5.40. The Balaban J connectivity index is 0.994. The van der Waals surface area contributed by atoms with Crippen molar-refractivity contribution in [2.45, 2.75) is 26.2 Å². The van der Waals surface area contributed by atoms with Gasteiger partial charge in [-0.05, 0) is 108 Å². The number of hydrogen-bond donors (Lipinski definition) is 0. The van der Waals surface area contributed by atoms with Crippen LogP contribution >= 0.6 is 0 Å². The Bertz CT molecular complexity index is 5430. The molecule has 0 radical (unpaired) electrons. The molecule has 5 heteroatoms. The maximum Gasteiger partial charge on any atom is 0.252 e. The van der Waals surface area contributed by atoms with Gasteiger partial charge in [0, 0.05) is 77.9 Å². The maximum atomic E-state index is 2.70. The van der Waals surface area contributed by atoms with Gasteiger partial charge in [-0.15, -0.1) is 0 Å². The van der Waals surface area contributed by atoms with Gasteiger partial charge in [-0.1, -0.05) is 360 Å². The minimum Gasteiger partial charge on any atom is -0.310 e. The Morgan fingerprint density at radius 3 is 0.748 bits per heavy atom. The van der Waals surface area contributed by atoms with Crippen LogP contribution in [0, 0.1) is 0 Å². The Morgan fingerprint density at radius 2 is 0.485 bits per heavy atom. The largest absolute Gasteiger partial charge is 0.310 e. The molecule has 0 saturated heterocycles. The van der Waals surface area contributed by atoms with Crippen LogP contribution in [0.15, 0.2) is 376 Å². The van der Waals surface area contributed by atoms with Gasteiger partial charge in [0.25, 0.3) is 6.71 Å². The summed E-state index contributed by atoms with van der Waals surface area (Å²) >= 11 is 0. The van der Waals surface area contributed by atoms with E-state index in [0.717, 1.165) is 135 Å². The molecule has 4 nitrogen and oxygen atoms in total. The van der Waals surface area contributed by atoms with Crippen molar-refractivity contribution >= 4 is 78.8 Å². The quantitative estimate of drug-likeness (QED) is 0.113. The Kier molecular flexibility index (Phi) is 14.9. The predicted octanol–water partition coefficient (Wildman–Crippen LogP) is 24.3. The normalized spacial score (nSPS) is 12.4. The standard InChI is InChI=1S/C98H71BN4/c1-98(2,3)74-62-89-91-90(63-74)103(97-79(68-38-16-6-17-39-68)56-33-57-80(97)69-40-18-7-19-41-69)88-65-76(101-94(72-46-24-10-25-47-72)83-52-30-31-53-84(83)95(101)73-48-26-11-27-49-73)59-61-86(88)99(91)85-60-58-75(100-92(70-42-20-8-21-43-70)81-50-28-29-51-82(81)93(100)71-44-22-9-23-45-71)64-87(85)102(89)96-77(66-34-12-4-13-35-66)54-32-55-78(96)67-36-14-5-15-37-67/h4-65H,1-3H3. The van der Waals surface area contributed by atoms with E-state index in [9.17, 15) is 0 Å². The number of fused-ring (bicyclic) bond motifs is 6. The third-order valence-corrected chi connectivity index (χ3v) is 21.2. The molecule has 103 heavy (non-hydrogen) atoms. The van der Waals surface area contributed by atoms with Crippen molar-refractivity contribution in [3.8, 4) is 101 Å². The van der Waals surface area contributed by atoms with Gasteiger partial charge >= 0.3 is 0 Å². The molecule has 19 rings (SSSR count). The van der Waals surface area contributed by atoms with Gasteiger partial charge in [0.15, 0.2) is 0 Å². The molecule has 0 saturated carbocycles. The number of aromatic nitrogens is 2. The highest BCUT2D eigenvalue weighted by atomic mass is 15.2. The van der Waals surface area contributed by atoms with E-state index in [0.29, 0.717) is 0 Å². The third-order valence-electron chi connectivity index (χ3n) is 21.2. The SMILES string of the molecule is CC(C)(C)c1cc2c3c(c1)N(c1c(-c4ccccc4)cccc1-c1ccccc1)c1cc(-n4c(-c5ccccc5)c5ccccc5c4-c4ccccc4)ccc1B3c1ccc(-n3c(-c4ccccc4)c4ccccc4c3-c3ccccc3)cc1N2c1c(-c2ccccc2)cccc1-c1ccccc1. The predicted molar refractivity (Wildman–Crippen MR) is 436 cm³/mol. The first-order chi connectivity index (χ1) is 50.8. The Hall–Kier alpha value is -13.0. The second kappa shape index (κ2) is 25.0. The van der Waals surface area contributed by atoms with Crippen molar-refractivity contribution in [3.63, 3.8) is 0 Å². The van der Waals surface area contributed by atoms with Crippen LogP contribution < -0.4 is 26.2 Å². The van der Waals surface area contributed by atoms with Crippen molar-refractivity contribution in [2.24, 2.45) is 0 Å². The molecule has 2 aromatic heterocycles. The van der Waals surface area contributed by atoms with Crippen LogP contribution in [0.1, 0.15) is 26.3 Å². The molecule has 17 aromatic rings. The second-order valence-corrected chi connectivity index (χ2v) is 28.3. The zero-order valence-electron chi connectivity index (χ0n) is 57.7. The average molecular weight is 1320 g/mol. The minimum absolute atomic E-state index is 0.274. The monoisotopic (exact) mass is 1310 g/mol. The topological polar surface area (TPSA) is 16.3 Å². The van der Waals surface area contributed by atoms with Crippen LogP contribution in [-0.4, -0.2) is 15.8 Å². The molecule has 2 aliphatic rings. The molecule has 0 spiro atoms. The average Bonchev–Trinajstić information content (AvgIpc) is 1.05. The van der Waals surface area contributed by atoms with E-state index < -0.39 is 0 Å². The van der Waals surface area contributed by atoms with Crippen molar-refractivity contribution < 1.29 is 0 Å². The molecule has 2 aliphatic heterocycles. The summed E-state index contributed by atoms with van der Waals surface area (Å²) in [6, 6.07) is 140. The summed E-state index contributed by atoms with van der Waals surface area (Å²) in [5.74, 6) is 0. The number of anilines is 6. The highest BCUT2D eigenvalue weighted by Crippen LogP contribution is 2.55. The molecule has 0 bridgehead atoms. The van der Waals surface area contributed by atoms with Crippen molar-refractivity contribution in [3.05, 3.63) is 382 Å². The molecule has 15 aromatic carbocycles. The summed E-state index contributed by atoms with van der Waals surface area (Å²) in [7, 11) is 0. The van der Waals surface area contributed by atoms with Crippen LogP contribution in [0.2, 0.25) is 0 Å². The molecular formula is C98H71BN4. The van der Waals surface area contributed by atoms with Crippen LogP contribution in [0.3, 0.4) is 0 Å². The van der Waals surface area contributed by atoms with Crippen LogP contribution in [0.5, 0.6) is 0 Å². The minimum atomic E-state index is -0.341. The zero-order valence-corrected chi connectivity index (χ0v) is 57.7. The fraction of sp³-hybridized carbons (Fsp3) is 0.0408.